The van der Waals surface area contributed by atoms with Crippen molar-refractivity contribution in [3.8, 4) is 34.1 Å². The van der Waals surface area contributed by atoms with Crippen LogP contribution in [0.1, 0.15) is 0 Å². The van der Waals surface area contributed by atoms with Crippen LogP contribution in [0.25, 0.3) is 22.1 Å². The van der Waals surface area contributed by atoms with E-state index in [1.54, 1.807) is 25.3 Å². The van der Waals surface area contributed by atoms with Crippen LogP contribution in [0.3, 0.4) is 0 Å². The Morgan fingerprint density at radius 3 is 2.43 bits per heavy atom. The van der Waals surface area contributed by atoms with E-state index in [4.69, 9.17) is 13.9 Å². The normalized spacial score (nSPS) is 10.8. The van der Waals surface area contributed by atoms with E-state index >= 15 is 0 Å². The van der Waals surface area contributed by atoms with Crippen molar-refractivity contribution in [3.63, 3.8) is 0 Å². The first kappa shape index (κ1) is 13.2. The molecule has 5 heteroatoms. The Labute approximate surface area is 121 Å². The van der Waals surface area contributed by atoms with E-state index in [9.17, 15) is 10.2 Å². The van der Waals surface area contributed by atoms with Crippen LogP contribution in [0.15, 0.2) is 41.0 Å². The molecule has 0 unspecified atom stereocenters. The Bertz CT molecular complexity index is 804. The molecule has 0 aliphatic carbocycles. The van der Waals surface area contributed by atoms with Gasteiger partial charge in [-0.1, -0.05) is 0 Å². The van der Waals surface area contributed by atoms with Gasteiger partial charge in [0, 0.05) is 22.6 Å². The van der Waals surface area contributed by atoms with Crippen molar-refractivity contribution in [1.29, 1.82) is 0 Å². The molecule has 2 aromatic carbocycles. The fraction of sp³-hybridized carbons (Fsp3) is 0.125. The first-order valence-corrected chi connectivity index (χ1v) is 6.30. The van der Waals surface area contributed by atoms with Gasteiger partial charge in [0.05, 0.1) is 20.5 Å². The van der Waals surface area contributed by atoms with Crippen LogP contribution in [0.2, 0.25) is 0 Å². The first-order chi connectivity index (χ1) is 10.2. The van der Waals surface area contributed by atoms with E-state index in [1.807, 2.05) is 12.1 Å². The van der Waals surface area contributed by atoms with E-state index < -0.39 is 0 Å². The largest absolute Gasteiger partial charge is 0.504 e. The van der Waals surface area contributed by atoms with Crippen LogP contribution >= 0.6 is 0 Å². The second kappa shape index (κ2) is 4.94. The maximum Gasteiger partial charge on any atom is 0.201 e. The molecule has 0 bridgehead atoms. The third-order valence-electron chi connectivity index (χ3n) is 3.41. The molecular weight excluding hydrogens is 272 g/mol. The molecule has 21 heavy (non-hydrogen) atoms. The highest BCUT2D eigenvalue weighted by Crippen LogP contribution is 2.45. The Kier molecular flexibility index (Phi) is 3.10. The molecule has 0 aliphatic rings. The first-order valence-electron chi connectivity index (χ1n) is 6.30. The zero-order valence-corrected chi connectivity index (χ0v) is 11.6. The van der Waals surface area contributed by atoms with Crippen molar-refractivity contribution in [2.45, 2.75) is 0 Å². The topological polar surface area (TPSA) is 72.1 Å². The van der Waals surface area contributed by atoms with Gasteiger partial charge in [-0.05, 0) is 24.3 Å². The minimum Gasteiger partial charge on any atom is -0.504 e. The second-order valence-electron chi connectivity index (χ2n) is 4.52. The van der Waals surface area contributed by atoms with Gasteiger partial charge in [-0.3, -0.25) is 0 Å². The summed E-state index contributed by atoms with van der Waals surface area (Å²) in [5, 5.41) is 20.9. The van der Waals surface area contributed by atoms with Crippen LogP contribution in [-0.4, -0.2) is 24.4 Å². The summed E-state index contributed by atoms with van der Waals surface area (Å²) in [6.07, 6.45) is 1.53. The van der Waals surface area contributed by atoms with Gasteiger partial charge in [0.1, 0.15) is 11.3 Å². The number of rotatable bonds is 3. The number of hydrogen-bond acceptors (Lipinski definition) is 5. The molecular formula is C16H14O5. The summed E-state index contributed by atoms with van der Waals surface area (Å²) < 4.78 is 15.6. The van der Waals surface area contributed by atoms with Crippen LogP contribution in [-0.2, 0) is 0 Å². The standard InChI is InChI=1S/C16H14O5/c1-19-9-3-4-10-12(8-21-14(10)7-9)11-5-6-13(20-2)16(18)15(11)17/h3-8,17-18H,1-2H3. The predicted molar refractivity (Wildman–Crippen MR) is 78.1 cm³/mol. The van der Waals surface area contributed by atoms with Gasteiger partial charge in [0.15, 0.2) is 11.5 Å². The maximum absolute atomic E-state index is 10.1. The number of aromatic hydroxyl groups is 2. The number of fused-ring (bicyclic) bond motifs is 1. The third-order valence-corrected chi connectivity index (χ3v) is 3.41. The Balaban J connectivity index is 2.19. The summed E-state index contributed by atoms with van der Waals surface area (Å²) >= 11 is 0. The molecule has 3 rings (SSSR count). The van der Waals surface area contributed by atoms with Crippen LogP contribution in [0.4, 0.5) is 0 Å². The number of methoxy groups -OCH3 is 2. The fourth-order valence-electron chi connectivity index (χ4n) is 2.29. The van der Waals surface area contributed by atoms with Crippen molar-refractivity contribution in [2.24, 2.45) is 0 Å². The molecule has 0 radical (unpaired) electrons. The van der Waals surface area contributed by atoms with Gasteiger partial charge in [-0.15, -0.1) is 0 Å². The zero-order chi connectivity index (χ0) is 15.0. The molecule has 0 aliphatic heterocycles. The number of phenolic OH excluding ortho intramolecular Hbond substituents is 2. The van der Waals surface area contributed by atoms with Crippen molar-refractivity contribution in [2.75, 3.05) is 14.2 Å². The lowest BCUT2D eigenvalue weighted by atomic mass is 10.0. The molecule has 108 valence electrons. The molecule has 5 nitrogen and oxygen atoms in total. The summed E-state index contributed by atoms with van der Waals surface area (Å²) in [5.41, 5.74) is 1.79. The summed E-state index contributed by atoms with van der Waals surface area (Å²) in [4.78, 5) is 0. The van der Waals surface area contributed by atoms with E-state index in [-0.39, 0.29) is 17.2 Å². The summed E-state index contributed by atoms with van der Waals surface area (Å²) in [5.74, 6) is 0.363. The molecule has 1 heterocycles. The monoisotopic (exact) mass is 286 g/mol. The average molecular weight is 286 g/mol. The third kappa shape index (κ3) is 2.03. The van der Waals surface area contributed by atoms with Crippen LogP contribution < -0.4 is 9.47 Å². The van der Waals surface area contributed by atoms with Gasteiger partial charge < -0.3 is 24.1 Å². The highest BCUT2D eigenvalue weighted by molar-refractivity contribution is 5.96. The van der Waals surface area contributed by atoms with Crippen molar-refractivity contribution < 1.29 is 24.1 Å². The lowest BCUT2D eigenvalue weighted by molar-refractivity contribution is 0.352. The zero-order valence-electron chi connectivity index (χ0n) is 11.6. The molecule has 0 spiro atoms. The van der Waals surface area contributed by atoms with E-state index in [0.717, 1.165) is 5.39 Å². The molecule has 0 saturated heterocycles. The van der Waals surface area contributed by atoms with Gasteiger partial charge >= 0.3 is 0 Å². The molecule has 1 aromatic heterocycles. The van der Waals surface area contributed by atoms with Crippen molar-refractivity contribution in [1.82, 2.24) is 0 Å². The minimum absolute atomic E-state index is 0.214. The van der Waals surface area contributed by atoms with Gasteiger partial charge in [-0.25, -0.2) is 0 Å². The van der Waals surface area contributed by atoms with Gasteiger partial charge in [0.2, 0.25) is 5.75 Å². The molecule has 0 fully saturated rings. The van der Waals surface area contributed by atoms with Crippen molar-refractivity contribution >= 4 is 11.0 Å². The Hall–Kier alpha value is -2.82. The molecule has 2 N–H and O–H groups in total. The second-order valence-corrected chi connectivity index (χ2v) is 4.52. The highest BCUT2D eigenvalue weighted by atomic mass is 16.5. The Morgan fingerprint density at radius 2 is 1.71 bits per heavy atom. The summed E-state index contributed by atoms with van der Waals surface area (Å²) in [6, 6.07) is 8.67. The Morgan fingerprint density at radius 1 is 0.905 bits per heavy atom. The number of ether oxygens (including phenoxy) is 2. The average Bonchev–Trinajstić information content (AvgIpc) is 2.92. The highest BCUT2D eigenvalue weighted by Gasteiger charge is 2.17. The van der Waals surface area contributed by atoms with Crippen LogP contribution in [0.5, 0.6) is 23.0 Å². The fourth-order valence-corrected chi connectivity index (χ4v) is 2.29. The SMILES string of the molecule is COc1ccc2c(-c3ccc(OC)c(O)c3O)coc2c1. The lowest BCUT2D eigenvalue weighted by Crippen LogP contribution is -1.86. The van der Waals surface area contributed by atoms with Crippen molar-refractivity contribution in [3.05, 3.63) is 36.6 Å². The summed E-state index contributed by atoms with van der Waals surface area (Å²) in [6.45, 7) is 0. The maximum atomic E-state index is 10.1. The summed E-state index contributed by atoms with van der Waals surface area (Å²) in [7, 11) is 3.01. The molecule has 0 amide bonds. The van der Waals surface area contributed by atoms with Crippen LogP contribution in [0, 0.1) is 0 Å². The number of benzene rings is 2. The lowest BCUT2D eigenvalue weighted by Gasteiger charge is -2.09. The number of furan rings is 1. The molecule has 0 saturated carbocycles. The quantitative estimate of drug-likeness (QED) is 0.721. The molecule has 0 atom stereocenters. The van der Waals surface area contributed by atoms with E-state index in [1.165, 1.54) is 13.4 Å². The van der Waals surface area contributed by atoms with E-state index in [0.29, 0.717) is 22.5 Å². The molecule has 3 aromatic rings. The van der Waals surface area contributed by atoms with Gasteiger partial charge in [0.25, 0.3) is 0 Å². The smallest absolute Gasteiger partial charge is 0.201 e. The number of phenols is 2. The number of hydrogen-bond donors (Lipinski definition) is 2. The van der Waals surface area contributed by atoms with E-state index in [2.05, 4.69) is 0 Å². The minimum atomic E-state index is -0.294. The van der Waals surface area contributed by atoms with Gasteiger partial charge in [-0.2, -0.15) is 0 Å². The predicted octanol–water partition coefficient (Wildman–Crippen LogP) is 3.53.